The second-order valence-electron chi connectivity index (χ2n) is 5.56. The third-order valence-corrected chi connectivity index (χ3v) is 5.62. The maximum absolute atomic E-state index is 12.5. The van der Waals surface area contributed by atoms with Crippen LogP contribution in [0, 0.1) is 13.8 Å². The van der Waals surface area contributed by atoms with Gasteiger partial charge in [0.25, 0.3) is 0 Å². The predicted molar refractivity (Wildman–Crippen MR) is 100.0 cm³/mol. The van der Waals surface area contributed by atoms with Crippen molar-refractivity contribution in [3.05, 3.63) is 52.4 Å². The van der Waals surface area contributed by atoms with Gasteiger partial charge in [-0.15, -0.1) is 21.5 Å². The minimum absolute atomic E-state index is 0.126. The van der Waals surface area contributed by atoms with Crippen LogP contribution >= 0.6 is 23.1 Å². The quantitative estimate of drug-likeness (QED) is 0.477. The van der Waals surface area contributed by atoms with Crippen LogP contribution in [0.15, 0.2) is 40.9 Å². The molecule has 3 aromatic rings. The summed E-state index contributed by atoms with van der Waals surface area (Å²) in [6.45, 7) is 6.86. The van der Waals surface area contributed by atoms with Crippen molar-refractivity contribution in [2.45, 2.75) is 32.5 Å². The topological polar surface area (TPSA) is 47.8 Å². The van der Waals surface area contributed by atoms with Crippen molar-refractivity contribution in [1.29, 1.82) is 0 Å². The predicted octanol–water partition coefficient (Wildman–Crippen LogP) is 4.62. The normalized spacial score (nSPS) is 11.0. The minimum Gasteiger partial charge on any atom is -0.302 e. The number of hydrogen-bond acceptors (Lipinski definition) is 5. The fourth-order valence-corrected chi connectivity index (χ4v) is 4.21. The van der Waals surface area contributed by atoms with E-state index in [1.165, 1.54) is 17.3 Å². The molecule has 0 aliphatic rings. The molecule has 2 heterocycles. The minimum atomic E-state index is 0.126. The van der Waals surface area contributed by atoms with Crippen molar-refractivity contribution < 1.29 is 4.79 Å². The molecular weight excluding hydrogens is 338 g/mol. The summed E-state index contributed by atoms with van der Waals surface area (Å²) < 4.78 is 2.06. The maximum Gasteiger partial charge on any atom is 0.191 e. The van der Waals surface area contributed by atoms with Gasteiger partial charge < -0.3 is 4.57 Å². The lowest BCUT2D eigenvalue weighted by Gasteiger charge is -2.07. The number of rotatable bonds is 6. The molecule has 1 aromatic carbocycles. The Morgan fingerprint density at radius 2 is 2.08 bits per heavy atom. The molecule has 0 fully saturated rings. The highest BCUT2D eigenvalue weighted by atomic mass is 32.2. The molecule has 0 aliphatic carbocycles. The van der Waals surface area contributed by atoms with E-state index in [0.717, 1.165) is 33.5 Å². The fourth-order valence-electron chi connectivity index (χ4n) is 2.60. The summed E-state index contributed by atoms with van der Waals surface area (Å²) >= 11 is 3.09. The monoisotopic (exact) mass is 357 g/mol. The third-order valence-electron chi connectivity index (χ3n) is 3.79. The van der Waals surface area contributed by atoms with E-state index < -0.39 is 0 Å². The number of aryl methyl sites for hydroxylation is 2. The van der Waals surface area contributed by atoms with Crippen LogP contribution in [0.1, 0.15) is 28.4 Å². The van der Waals surface area contributed by atoms with Gasteiger partial charge in [0.15, 0.2) is 16.8 Å². The van der Waals surface area contributed by atoms with Crippen LogP contribution in [0.25, 0.3) is 10.7 Å². The Morgan fingerprint density at radius 1 is 1.25 bits per heavy atom. The van der Waals surface area contributed by atoms with Crippen molar-refractivity contribution in [1.82, 2.24) is 14.8 Å². The summed E-state index contributed by atoms with van der Waals surface area (Å²) in [6.07, 6.45) is 0. The smallest absolute Gasteiger partial charge is 0.191 e. The van der Waals surface area contributed by atoms with Crippen molar-refractivity contribution in [2.75, 3.05) is 5.75 Å². The zero-order valence-electron chi connectivity index (χ0n) is 13.9. The Balaban J connectivity index is 1.76. The highest BCUT2D eigenvalue weighted by molar-refractivity contribution is 7.99. The number of aromatic nitrogens is 3. The zero-order chi connectivity index (χ0) is 17.1. The molecule has 0 radical (unpaired) electrons. The van der Waals surface area contributed by atoms with E-state index in [1.54, 1.807) is 11.3 Å². The first-order chi connectivity index (χ1) is 11.6. The molecule has 0 saturated heterocycles. The molecule has 0 amide bonds. The first-order valence-electron chi connectivity index (χ1n) is 7.80. The molecule has 0 N–H and O–H groups in total. The highest BCUT2D eigenvalue weighted by Gasteiger charge is 2.16. The molecule has 2 aromatic heterocycles. The number of benzene rings is 1. The molecule has 0 spiro atoms. The average Bonchev–Trinajstić information content (AvgIpc) is 3.21. The van der Waals surface area contributed by atoms with Gasteiger partial charge in [0, 0.05) is 12.1 Å². The number of nitrogens with zero attached hydrogens (tertiary/aromatic N) is 3. The first kappa shape index (κ1) is 16.9. The lowest BCUT2D eigenvalue weighted by atomic mass is 10.0. The Bertz CT molecular complexity index is 853. The molecule has 0 saturated carbocycles. The van der Waals surface area contributed by atoms with E-state index in [1.807, 2.05) is 49.6 Å². The number of carbonyl (C=O) groups is 1. The molecule has 124 valence electrons. The Labute approximate surface area is 149 Å². The molecule has 0 aliphatic heterocycles. The van der Waals surface area contributed by atoms with Crippen LogP contribution < -0.4 is 0 Å². The molecule has 0 atom stereocenters. The number of hydrogen-bond donors (Lipinski definition) is 0. The highest BCUT2D eigenvalue weighted by Crippen LogP contribution is 2.27. The average molecular weight is 358 g/mol. The summed E-state index contributed by atoms with van der Waals surface area (Å²) in [4.78, 5) is 13.6. The molecular formula is C18H19N3OS2. The number of thiophene rings is 1. The summed E-state index contributed by atoms with van der Waals surface area (Å²) in [5.74, 6) is 1.36. The second-order valence-corrected chi connectivity index (χ2v) is 7.45. The summed E-state index contributed by atoms with van der Waals surface area (Å²) in [6, 6.07) is 9.98. The van der Waals surface area contributed by atoms with Crippen molar-refractivity contribution in [3.63, 3.8) is 0 Å². The van der Waals surface area contributed by atoms with E-state index in [9.17, 15) is 4.79 Å². The third kappa shape index (κ3) is 3.44. The zero-order valence-corrected chi connectivity index (χ0v) is 15.6. The number of ketones is 1. The van der Waals surface area contributed by atoms with E-state index in [2.05, 4.69) is 21.7 Å². The SMILES string of the molecule is CCn1c(SCC(=O)c2ccc(C)cc2C)nnc1-c1cccs1. The Kier molecular flexibility index (Phi) is 5.16. The van der Waals surface area contributed by atoms with Crippen molar-refractivity contribution in [2.24, 2.45) is 0 Å². The number of carbonyl (C=O) groups excluding carboxylic acids is 1. The van der Waals surface area contributed by atoms with Crippen LogP contribution in [0.3, 0.4) is 0 Å². The van der Waals surface area contributed by atoms with E-state index in [-0.39, 0.29) is 5.78 Å². The van der Waals surface area contributed by atoms with Gasteiger partial charge >= 0.3 is 0 Å². The summed E-state index contributed by atoms with van der Waals surface area (Å²) in [5.41, 5.74) is 2.98. The van der Waals surface area contributed by atoms with Gasteiger partial charge in [-0.25, -0.2) is 0 Å². The Hall–Kier alpha value is -1.92. The van der Waals surface area contributed by atoms with Crippen LogP contribution in [-0.4, -0.2) is 26.3 Å². The van der Waals surface area contributed by atoms with Crippen LogP contribution in [0.5, 0.6) is 0 Å². The van der Waals surface area contributed by atoms with Gasteiger partial charge in [0.05, 0.1) is 10.6 Å². The molecule has 6 heteroatoms. The van der Waals surface area contributed by atoms with E-state index >= 15 is 0 Å². The van der Waals surface area contributed by atoms with Crippen LogP contribution in [0.4, 0.5) is 0 Å². The van der Waals surface area contributed by atoms with Crippen molar-refractivity contribution >= 4 is 28.9 Å². The number of thioether (sulfide) groups is 1. The Morgan fingerprint density at radius 3 is 2.75 bits per heavy atom. The maximum atomic E-state index is 12.5. The second kappa shape index (κ2) is 7.32. The number of Topliss-reactive ketones (excluding diaryl/α,β-unsaturated/α-hetero) is 1. The largest absolute Gasteiger partial charge is 0.302 e. The lowest BCUT2D eigenvalue weighted by molar-refractivity contribution is 0.102. The van der Waals surface area contributed by atoms with Crippen molar-refractivity contribution in [3.8, 4) is 10.7 Å². The molecule has 0 unspecified atom stereocenters. The van der Waals surface area contributed by atoms with Gasteiger partial charge in [0.2, 0.25) is 0 Å². The molecule has 3 rings (SSSR count). The summed E-state index contributed by atoms with van der Waals surface area (Å²) in [5, 5.41) is 11.4. The van der Waals surface area contributed by atoms with Gasteiger partial charge in [-0.05, 0) is 37.8 Å². The standard InChI is InChI=1S/C18H19N3OS2/c1-4-21-17(16-6-5-9-23-16)19-20-18(21)24-11-15(22)14-8-7-12(2)10-13(14)3/h5-10H,4,11H2,1-3H3. The van der Waals surface area contributed by atoms with Gasteiger partial charge in [-0.1, -0.05) is 41.6 Å². The van der Waals surface area contributed by atoms with E-state index in [4.69, 9.17) is 0 Å². The van der Waals surface area contributed by atoms with Gasteiger partial charge in [0.1, 0.15) is 0 Å². The molecule has 24 heavy (non-hydrogen) atoms. The van der Waals surface area contributed by atoms with Gasteiger partial charge in [-0.3, -0.25) is 4.79 Å². The molecule has 0 bridgehead atoms. The van der Waals surface area contributed by atoms with E-state index in [0.29, 0.717) is 5.75 Å². The van der Waals surface area contributed by atoms with Crippen LogP contribution in [0.2, 0.25) is 0 Å². The lowest BCUT2D eigenvalue weighted by Crippen LogP contribution is -2.07. The molecule has 4 nitrogen and oxygen atoms in total. The van der Waals surface area contributed by atoms with Gasteiger partial charge in [-0.2, -0.15) is 0 Å². The first-order valence-corrected chi connectivity index (χ1v) is 9.67. The summed E-state index contributed by atoms with van der Waals surface area (Å²) in [7, 11) is 0. The fraction of sp³-hybridized carbons (Fsp3) is 0.278. The van der Waals surface area contributed by atoms with Crippen LogP contribution in [-0.2, 0) is 6.54 Å².